The van der Waals surface area contributed by atoms with Crippen molar-refractivity contribution >= 4 is 0 Å². The molecule has 1 aromatic rings. The van der Waals surface area contributed by atoms with E-state index in [1.807, 2.05) is 6.92 Å². The summed E-state index contributed by atoms with van der Waals surface area (Å²) in [6.45, 7) is 2.27. The summed E-state index contributed by atoms with van der Waals surface area (Å²) in [7, 11) is 4.61. The average Bonchev–Trinajstić information content (AvgIpc) is 2.43. The van der Waals surface area contributed by atoms with Crippen molar-refractivity contribution in [3.63, 3.8) is 0 Å². The molecule has 5 nitrogen and oxygen atoms in total. The van der Waals surface area contributed by atoms with Crippen LogP contribution in [0.1, 0.15) is 18.6 Å². The van der Waals surface area contributed by atoms with Crippen molar-refractivity contribution < 1.29 is 18.9 Å². The van der Waals surface area contributed by atoms with Crippen LogP contribution >= 0.6 is 0 Å². The van der Waals surface area contributed by atoms with Crippen LogP contribution in [0, 0.1) is 11.3 Å². The van der Waals surface area contributed by atoms with Gasteiger partial charge in [-0.2, -0.15) is 5.26 Å². The first-order chi connectivity index (χ1) is 8.71. The smallest absolute Gasteiger partial charge is 0.172 e. The maximum Gasteiger partial charge on any atom is 0.172 e. The molecule has 98 valence electrons. The third-order valence-electron chi connectivity index (χ3n) is 2.47. The second-order valence-corrected chi connectivity index (χ2v) is 3.41. The Balaban J connectivity index is 3.28. The molecule has 0 amide bonds. The number of benzene rings is 1. The average molecular weight is 251 g/mol. The maximum atomic E-state index is 9.12. The van der Waals surface area contributed by atoms with Gasteiger partial charge in [-0.25, -0.2) is 0 Å². The number of nitrogens with zero attached hydrogens (tertiary/aromatic N) is 1. The fourth-order valence-electron chi connectivity index (χ4n) is 1.62. The van der Waals surface area contributed by atoms with Gasteiger partial charge >= 0.3 is 0 Å². The first-order valence-electron chi connectivity index (χ1n) is 5.52. The van der Waals surface area contributed by atoms with E-state index in [1.54, 1.807) is 19.2 Å². The molecule has 0 spiro atoms. The van der Waals surface area contributed by atoms with E-state index in [2.05, 4.69) is 6.07 Å². The van der Waals surface area contributed by atoms with Crippen molar-refractivity contribution in [1.29, 1.82) is 5.26 Å². The van der Waals surface area contributed by atoms with E-state index in [-0.39, 0.29) is 0 Å². The number of nitriles is 1. The summed E-state index contributed by atoms with van der Waals surface area (Å²) >= 11 is 0. The molecule has 1 aromatic carbocycles. The van der Waals surface area contributed by atoms with Gasteiger partial charge in [-0.1, -0.05) is 0 Å². The molecule has 1 unspecified atom stereocenters. The molecular weight excluding hydrogens is 234 g/mol. The van der Waals surface area contributed by atoms with Crippen LogP contribution < -0.4 is 14.2 Å². The second-order valence-electron chi connectivity index (χ2n) is 3.41. The standard InChI is InChI=1S/C13H17NO4/c1-5-18-13(8-14)9-6-11(16-3)12(17-4)7-10(9)15-2/h6-7,13H,5H2,1-4H3. The van der Waals surface area contributed by atoms with Gasteiger partial charge in [0.15, 0.2) is 17.6 Å². The molecule has 0 bridgehead atoms. The highest BCUT2D eigenvalue weighted by Crippen LogP contribution is 2.38. The van der Waals surface area contributed by atoms with Crippen molar-refractivity contribution in [3.05, 3.63) is 17.7 Å². The lowest BCUT2D eigenvalue weighted by Crippen LogP contribution is -2.05. The highest BCUT2D eigenvalue weighted by molar-refractivity contribution is 5.52. The lowest BCUT2D eigenvalue weighted by atomic mass is 10.1. The van der Waals surface area contributed by atoms with Crippen LogP contribution in [0.4, 0.5) is 0 Å². The van der Waals surface area contributed by atoms with E-state index < -0.39 is 6.10 Å². The minimum absolute atomic E-state index is 0.440. The Morgan fingerprint density at radius 2 is 1.61 bits per heavy atom. The van der Waals surface area contributed by atoms with Crippen LogP contribution in [0.5, 0.6) is 17.2 Å². The third kappa shape index (κ3) is 2.84. The number of hydrogen-bond donors (Lipinski definition) is 0. The van der Waals surface area contributed by atoms with Gasteiger partial charge in [-0.15, -0.1) is 0 Å². The predicted molar refractivity (Wildman–Crippen MR) is 66.1 cm³/mol. The van der Waals surface area contributed by atoms with Gasteiger partial charge in [-0.3, -0.25) is 0 Å². The Morgan fingerprint density at radius 3 is 2.06 bits per heavy atom. The summed E-state index contributed by atoms with van der Waals surface area (Å²) in [5.41, 5.74) is 0.625. The summed E-state index contributed by atoms with van der Waals surface area (Å²) in [4.78, 5) is 0. The Bertz CT molecular complexity index is 439. The van der Waals surface area contributed by atoms with Gasteiger partial charge in [-0.05, 0) is 13.0 Å². The zero-order chi connectivity index (χ0) is 13.5. The van der Waals surface area contributed by atoms with Crippen LogP contribution in [0.3, 0.4) is 0 Å². The SMILES string of the molecule is CCOC(C#N)c1cc(OC)c(OC)cc1OC. The molecular formula is C13H17NO4. The molecule has 0 aliphatic carbocycles. The highest BCUT2D eigenvalue weighted by Gasteiger charge is 2.19. The van der Waals surface area contributed by atoms with Crippen molar-refractivity contribution in [2.45, 2.75) is 13.0 Å². The van der Waals surface area contributed by atoms with Crippen molar-refractivity contribution in [2.24, 2.45) is 0 Å². The highest BCUT2D eigenvalue weighted by atomic mass is 16.5. The van der Waals surface area contributed by atoms with E-state index in [0.717, 1.165) is 0 Å². The Labute approximate surface area is 107 Å². The topological polar surface area (TPSA) is 60.7 Å². The number of rotatable bonds is 6. The van der Waals surface area contributed by atoms with Crippen molar-refractivity contribution in [1.82, 2.24) is 0 Å². The largest absolute Gasteiger partial charge is 0.496 e. The molecule has 1 rings (SSSR count). The van der Waals surface area contributed by atoms with Crippen molar-refractivity contribution in [2.75, 3.05) is 27.9 Å². The molecule has 0 aliphatic rings. The van der Waals surface area contributed by atoms with Gasteiger partial charge in [0.25, 0.3) is 0 Å². The fourth-order valence-corrected chi connectivity index (χ4v) is 1.62. The Hall–Kier alpha value is -1.93. The van der Waals surface area contributed by atoms with Crippen LogP contribution in [0.2, 0.25) is 0 Å². The molecule has 1 atom stereocenters. The molecule has 0 aliphatic heterocycles. The van der Waals surface area contributed by atoms with Crippen molar-refractivity contribution in [3.8, 4) is 23.3 Å². The summed E-state index contributed by atoms with van der Waals surface area (Å²) in [6.07, 6.45) is -0.690. The van der Waals surface area contributed by atoms with E-state index in [1.165, 1.54) is 14.2 Å². The fraction of sp³-hybridized carbons (Fsp3) is 0.462. The molecule has 0 heterocycles. The predicted octanol–water partition coefficient (Wildman–Crippen LogP) is 2.31. The monoisotopic (exact) mass is 251 g/mol. The molecule has 18 heavy (non-hydrogen) atoms. The molecule has 0 radical (unpaired) electrons. The minimum Gasteiger partial charge on any atom is -0.496 e. The van der Waals surface area contributed by atoms with E-state index in [4.69, 9.17) is 24.2 Å². The van der Waals surface area contributed by atoms with Crippen LogP contribution in [0.25, 0.3) is 0 Å². The van der Waals surface area contributed by atoms with Gasteiger partial charge in [0.1, 0.15) is 5.75 Å². The normalized spacial score (nSPS) is 11.5. The molecule has 0 fully saturated rings. The van der Waals surface area contributed by atoms with Crippen LogP contribution in [-0.4, -0.2) is 27.9 Å². The summed E-state index contributed by atoms with van der Waals surface area (Å²) < 4.78 is 21.0. The Kier molecular flexibility index (Phi) is 5.28. The van der Waals surface area contributed by atoms with E-state index >= 15 is 0 Å². The lowest BCUT2D eigenvalue weighted by Gasteiger charge is -2.17. The molecule has 0 aromatic heterocycles. The van der Waals surface area contributed by atoms with E-state index in [0.29, 0.717) is 29.4 Å². The van der Waals surface area contributed by atoms with E-state index in [9.17, 15) is 0 Å². The summed E-state index contributed by atoms with van der Waals surface area (Å²) in [5.74, 6) is 1.62. The van der Waals surface area contributed by atoms with Crippen LogP contribution in [0.15, 0.2) is 12.1 Å². The maximum absolute atomic E-state index is 9.12. The quantitative estimate of drug-likeness (QED) is 0.776. The first kappa shape index (κ1) is 14.1. The number of hydrogen-bond acceptors (Lipinski definition) is 5. The van der Waals surface area contributed by atoms with Gasteiger partial charge in [0, 0.05) is 18.2 Å². The van der Waals surface area contributed by atoms with Gasteiger partial charge in [0.05, 0.1) is 27.4 Å². The third-order valence-corrected chi connectivity index (χ3v) is 2.47. The summed E-state index contributed by atoms with van der Waals surface area (Å²) in [6, 6.07) is 5.46. The number of ether oxygens (including phenoxy) is 4. The van der Waals surface area contributed by atoms with Gasteiger partial charge < -0.3 is 18.9 Å². The first-order valence-corrected chi connectivity index (χ1v) is 5.52. The molecule has 0 saturated heterocycles. The molecule has 0 saturated carbocycles. The zero-order valence-electron chi connectivity index (χ0n) is 11.0. The lowest BCUT2D eigenvalue weighted by molar-refractivity contribution is 0.0997. The molecule has 0 N–H and O–H groups in total. The second kappa shape index (κ2) is 6.72. The molecule has 5 heteroatoms. The van der Waals surface area contributed by atoms with Crippen LogP contribution in [-0.2, 0) is 4.74 Å². The minimum atomic E-state index is -0.690. The van der Waals surface area contributed by atoms with Gasteiger partial charge in [0.2, 0.25) is 0 Å². The summed E-state index contributed by atoms with van der Waals surface area (Å²) in [5, 5.41) is 9.12. The number of methoxy groups -OCH3 is 3. The Morgan fingerprint density at radius 1 is 1.06 bits per heavy atom. The zero-order valence-corrected chi connectivity index (χ0v) is 11.0.